The van der Waals surface area contributed by atoms with Crippen LogP contribution in [0.5, 0.6) is 11.5 Å². The van der Waals surface area contributed by atoms with E-state index in [-0.39, 0.29) is 17.9 Å². The fourth-order valence-electron chi connectivity index (χ4n) is 5.30. The highest BCUT2D eigenvalue weighted by Gasteiger charge is 2.54. The number of aromatic nitrogens is 1. The quantitative estimate of drug-likeness (QED) is 0.584. The normalized spacial score (nSPS) is 22.0. The smallest absolute Gasteiger partial charge is 0.274 e. The van der Waals surface area contributed by atoms with E-state index in [4.69, 9.17) is 9.47 Å². The number of piperidine rings is 1. The van der Waals surface area contributed by atoms with E-state index in [1.807, 2.05) is 36.9 Å². The van der Waals surface area contributed by atoms with Crippen LogP contribution in [-0.4, -0.2) is 54.0 Å². The number of hydrogen-bond acceptors (Lipinski definition) is 6. The monoisotopic (exact) mass is 489 g/mol. The lowest BCUT2D eigenvalue weighted by molar-refractivity contribution is 0.0690. The first-order valence-corrected chi connectivity index (χ1v) is 12.8. The summed E-state index contributed by atoms with van der Waals surface area (Å²) in [5.41, 5.74) is 3.14. The van der Waals surface area contributed by atoms with Crippen LogP contribution in [0.15, 0.2) is 42.5 Å². The van der Waals surface area contributed by atoms with Gasteiger partial charge in [-0.3, -0.25) is 9.59 Å². The number of fused-ring (bicyclic) bond motifs is 2. The molecule has 0 spiro atoms. The van der Waals surface area contributed by atoms with E-state index in [2.05, 4.69) is 16.4 Å². The van der Waals surface area contributed by atoms with Gasteiger partial charge in [0.15, 0.2) is 11.5 Å². The van der Waals surface area contributed by atoms with Crippen LogP contribution in [0.3, 0.4) is 0 Å². The van der Waals surface area contributed by atoms with E-state index in [9.17, 15) is 9.59 Å². The van der Waals surface area contributed by atoms with Crippen molar-refractivity contribution in [2.24, 2.45) is 11.8 Å². The van der Waals surface area contributed by atoms with E-state index < -0.39 is 0 Å². The highest BCUT2D eigenvalue weighted by atomic mass is 32.1. The molecule has 7 nitrogen and oxygen atoms in total. The topological polar surface area (TPSA) is 80.8 Å². The molecular formula is C27H27N3O4S. The van der Waals surface area contributed by atoms with Gasteiger partial charge in [0.25, 0.3) is 11.8 Å². The predicted molar refractivity (Wildman–Crippen MR) is 133 cm³/mol. The molecule has 2 fully saturated rings. The molecular weight excluding hydrogens is 462 g/mol. The number of amides is 2. The number of ether oxygens (including phenoxy) is 2. The van der Waals surface area contributed by atoms with Crippen molar-refractivity contribution in [1.29, 1.82) is 0 Å². The second-order valence-electron chi connectivity index (χ2n) is 9.50. The summed E-state index contributed by atoms with van der Waals surface area (Å²) in [5, 5.41) is 3.93. The first kappa shape index (κ1) is 22.1. The molecule has 3 atom stereocenters. The van der Waals surface area contributed by atoms with Crippen molar-refractivity contribution in [3.05, 3.63) is 64.3 Å². The van der Waals surface area contributed by atoms with Gasteiger partial charge in [-0.15, -0.1) is 11.3 Å². The number of rotatable bonds is 5. The van der Waals surface area contributed by atoms with Crippen molar-refractivity contribution in [3.8, 4) is 21.9 Å². The standard InChI is InChI=1S/C27H27N3O4S/c1-15-5-3-6-17(11-15)25-23(29-16(2)35-25)27(32)30-14-18-12-20(18)21(30)13-28-26(31)19-7-4-8-22-24(19)34-10-9-33-22/h3-8,11,18,20-21H,9-10,12-14H2,1-2H3,(H,28,31)/t18-,20-,21+/m0/s1. The molecule has 2 aromatic carbocycles. The molecule has 3 heterocycles. The molecule has 1 N–H and O–H groups in total. The lowest BCUT2D eigenvalue weighted by Crippen LogP contribution is -2.45. The average Bonchev–Trinajstić information content (AvgIpc) is 3.38. The number of nitrogens with zero attached hydrogens (tertiary/aromatic N) is 2. The highest BCUT2D eigenvalue weighted by molar-refractivity contribution is 7.15. The van der Waals surface area contributed by atoms with Crippen molar-refractivity contribution in [2.45, 2.75) is 26.3 Å². The molecule has 2 amide bonds. The molecule has 1 aliphatic carbocycles. The second kappa shape index (κ2) is 8.68. The van der Waals surface area contributed by atoms with Crippen LogP contribution < -0.4 is 14.8 Å². The predicted octanol–water partition coefficient (Wildman–Crippen LogP) is 4.09. The van der Waals surface area contributed by atoms with E-state index in [0.717, 1.165) is 27.4 Å². The van der Waals surface area contributed by atoms with E-state index in [0.29, 0.717) is 60.9 Å². The molecule has 6 rings (SSSR count). The summed E-state index contributed by atoms with van der Waals surface area (Å²) >= 11 is 1.55. The van der Waals surface area contributed by atoms with E-state index in [1.165, 1.54) is 0 Å². The van der Waals surface area contributed by atoms with Crippen molar-refractivity contribution < 1.29 is 19.1 Å². The molecule has 8 heteroatoms. The summed E-state index contributed by atoms with van der Waals surface area (Å²) < 4.78 is 11.3. The fraction of sp³-hybridized carbons (Fsp3) is 0.370. The molecule has 180 valence electrons. The number of carbonyl (C=O) groups is 2. The maximum absolute atomic E-state index is 13.7. The molecule has 35 heavy (non-hydrogen) atoms. The number of carbonyl (C=O) groups excluding carboxylic acids is 2. The van der Waals surface area contributed by atoms with E-state index in [1.54, 1.807) is 29.5 Å². The number of benzene rings is 2. The minimum Gasteiger partial charge on any atom is -0.486 e. The molecule has 0 bridgehead atoms. The van der Waals surface area contributed by atoms with Crippen LogP contribution >= 0.6 is 11.3 Å². The van der Waals surface area contributed by atoms with Crippen LogP contribution in [0.2, 0.25) is 0 Å². The Morgan fingerprint density at radius 1 is 1.14 bits per heavy atom. The van der Waals surface area contributed by atoms with Crippen molar-refractivity contribution in [1.82, 2.24) is 15.2 Å². The largest absolute Gasteiger partial charge is 0.486 e. The van der Waals surface area contributed by atoms with Crippen LogP contribution in [0.25, 0.3) is 10.4 Å². The number of thiazole rings is 1. The number of aryl methyl sites for hydroxylation is 2. The van der Waals surface area contributed by atoms with Gasteiger partial charge in [-0.1, -0.05) is 35.9 Å². The Morgan fingerprint density at radius 3 is 2.83 bits per heavy atom. The summed E-state index contributed by atoms with van der Waals surface area (Å²) in [6, 6.07) is 13.5. The van der Waals surface area contributed by atoms with Crippen LogP contribution in [0, 0.1) is 25.7 Å². The summed E-state index contributed by atoms with van der Waals surface area (Å²) in [7, 11) is 0. The van der Waals surface area contributed by atoms with Gasteiger partial charge in [0, 0.05) is 13.1 Å². The fourth-order valence-corrected chi connectivity index (χ4v) is 6.21. The first-order valence-electron chi connectivity index (χ1n) is 12.0. The van der Waals surface area contributed by atoms with Gasteiger partial charge < -0.3 is 19.7 Å². The Balaban J connectivity index is 1.21. The summed E-state index contributed by atoms with van der Waals surface area (Å²) in [4.78, 5) is 34.3. The second-order valence-corrected chi connectivity index (χ2v) is 10.7. The number of hydrogen-bond donors (Lipinski definition) is 1. The Kier molecular flexibility index (Phi) is 5.48. The summed E-state index contributed by atoms with van der Waals surface area (Å²) in [6.07, 6.45) is 1.10. The van der Waals surface area contributed by atoms with E-state index >= 15 is 0 Å². The molecule has 3 aromatic rings. The van der Waals surface area contributed by atoms with Gasteiger partial charge in [-0.05, 0) is 49.8 Å². The van der Waals surface area contributed by atoms with Gasteiger partial charge in [-0.2, -0.15) is 0 Å². The zero-order valence-corrected chi connectivity index (χ0v) is 20.6. The van der Waals surface area contributed by atoms with Crippen molar-refractivity contribution in [3.63, 3.8) is 0 Å². The Bertz CT molecular complexity index is 1320. The lowest BCUT2D eigenvalue weighted by Gasteiger charge is -2.28. The maximum atomic E-state index is 13.7. The van der Waals surface area contributed by atoms with Gasteiger partial charge in [0.05, 0.1) is 21.5 Å². The summed E-state index contributed by atoms with van der Waals surface area (Å²) in [6.45, 7) is 5.99. The zero-order valence-electron chi connectivity index (χ0n) is 19.7. The molecule has 1 saturated carbocycles. The minimum absolute atomic E-state index is 0.0412. The van der Waals surface area contributed by atoms with Gasteiger partial charge in [0.2, 0.25) is 0 Å². The minimum atomic E-state index is -0.214. The Labute approximate surface area is 208 Å². The molecule has 0 radical (unpaired) electrons. The first-order chi connectivity index (χ1) is 17.0. The Morgan fingerprint density at radius 2 is 1.97 bits per heavy atom. The van der Waals surface area contributed by atoms with Crippen molar-refractivity contribution in [2.75, 3.05) is 26.3 Å². The van der Waals surface area contributed by atoms with Crippen LogP contribution in [0.1, 0.15) is 37.8 Å². The molecule has 1 aromatic heterocycles. The highest BCUT2D eigenvalue weighted by Crippen LogP contribution is 2.50. The molecule has 3 aliphatic rings. The van der Waals surface area contributed by atoms with Crippen LogP contribution in [0.4, 0.5) is 0 Å². The van der Waals surface area contributed by atoms with Gasteiger partial charge in [-0.25, -0.2) is 4.98 Å². The third kappa shape index (κ3) is 4.05. The third-order valence-electron chi connectivity index (χ3n) is 7.06. The molecule has 0 unspecified atom stereocenters. The summed E-state index contributed by atoms with van der Waals surface area (Å²) in [5.74, 6) is 1.74. The molecule has 2 aliphatic heterocycles. The lowest BCUT2D eigenvalue weighted by atomic mass is 10.1. The van der Waals surface area contributed by atoms with Gasteiger partial charge >= 0.3 is 0 Å². The third-order valence-corrected chi connectivity index (χ3v) is 8.08. The average molecular weight is 490 g/mol. The zero-order chi connectivity index (χ0) is 24.1. The SMILES string of the molecule is Cc1cccc(-c2sc(C)nc2C(=O)N2C[C@@H]3C[C@@H]3[C@H]2CNC(=O)c2cccc3c2OCCO3)c1. The Hall–Kier alpha value is -3.39. The molecule has 1 saturated heterocycles. The maximum Gasteiger partial charge on any atom is 0.274 e. The number of nitrogens with one attached hydrogen (secondary N) is 1. The number of likely N-dealkylation sites (tertiary alicyclic amines) is 1. The van der Waals surface area contributed by atoms with Crippen LogP contribution in [-0.2, 0) is 0 Å². The van der Waals surface area contributed by atoms with Gasteiger partial charge in [0.1, 0.15) is 18.9 Å². The number of para-hydroxylation sites is 1. The van der Waals surface area contributed by atoms with Crippen molar-refractivity contribution >= 4 is 23.2 Å².